The van der Waals surface area contributed by atoms with Gasteiger partial charge < -0.3 is 14.6 Å². The zero-order valence-electron chi connectivity index (χ0n) is 13.2. The van der Waals surface area contributed by atoms with Crippen LogP contribution in [0, 0.1) is 13.8 Å². The number of H-pyrrole nitrogens is 1. The van der Waals surface area contributed by atoms with Gasteiger partial charge in [-0.05, 0) is 26.3 Å². The van der Waals surface area contributed by atoms with Crippen molar-refractivity contribution >= 4 is 17.2 Å². The van der Waals surface area contributed by atoms with Gasteiger partial charge in [-0.2, -0.15) is 5.10 Å². The smallest absolute Gasteiger partial charge is 0.307 e. The molecular formula is C15H20N4O3S. The van der Waals surface area contributed by atoms with Crippen LogP contribution in [0.5, 0.6) is 0 Å². The summed E-state index contributed by atoms with van der Waals surface area (Å²) in [5, 5.41) is 9.82. The standard InChI is InChI=1S/C15H20N4O3S/c1-9-10(2)23-15(21)19(9)7-4-13(20)17-11-5-8-22-14(11)12-3-6-16-18-12/h3,6,11,14H,4-5,7-8H2,1-2H3,(H,16,18)(H,17,20)/t11-,14-/m1/s1. The topological polar surface area (TPSA) is 89.0 Å². The van der Waals surface area contributed by atoms with E-state index in [1.54, 1.807) is 10.8 Å². The summed E-state index contributed by atoms with van der Waals surface area (Å²) in [5.74, 6) is -0.0693. The van der Waals surface area contributed by atoms with Crippen molar-refractivity contribution in [2.24, 2.45) is 0 Å². The normalized spacial score (nSPS) is 20.8. The number of aromatic nitrogens is 3. The first kappa shape index (κ1) is 15.9. The van der Waals surface area contributed by atoms with Crippen LogP contribution in [0.1, 0.15) is 35.2 Å². The predicted octanol–water partition coefficient (Wildman–Crippen LogP) is 1.29. The summed E-state index contributed by atoms with van der Waals surface area (Å²) < 4.78 is 7.34. The lowest BCUT2D eigenvalue weighted by atomic mass is 10.1. The van der Waals surface area contributed by atoms with E-state index in [0.29, 0.717) is 13.2 Å². The third-order valence-electron chi connectivity index (χ3n) is 4.20. The molecule has 124 valence electrons. The molecular weight excluding hydrogens is 316 g/mol. The lowest BCUT2D eigenvalue weighted by molar-refractivity contribution is -0.122. The first-order valence-electron chi connectivity index (χ1n) is 7.63. The second kappa shape index (κ2) is 6.67. The SMILES string of the molecule is Cc1sc(=O)n(CCC(=O)N[C@@H]2CCO[C@H]2c2ccn[nH]2)c1C. The van der Waals surface area contributed by atoms with Crippen molar-refractivity contribution in [1.29, 1.82) is 0 Å². The molecule has 0 saturated carbocycles. The van der Waals surface area contributed by atoms with E-state index in [1.165, 1.54) is 11.3 Å². The molecule has 0 unspecified atom stereocenters. The molecule has 0 spiro atoms. The molecule has 1 aliphatic rings. The number of carbonyl (C=O) groups is 1. The molecule has 1 aliphatic heterocycles. The Labute approximate surface area is 137 Å². The maximum absolute atomic E-state index is 12.2. The van der Waals surface area contributed by atoms with Crippen molar-refractivity contribution in [2.75, 3.05) is 6.61 Å². The number of aromatic amines is 1. The summed E-state index contributed by atoms with van der Waals surface area (Å²) in [6.45, 7) is 4.84. The summed E-state index contributed by atoms with van der Waals surface area (Å²) in [4.78, 5) is 25.0. The number of hydrogen-bond acceptors (Lipinski definition) is 5. The summed E-state index contributed by atoms with van der Waals surface area (Å²) in [5.41, 5.74) is 1.81. The number of ether oxygens (including phenoxy) is 1. The van der Waals surface area contributed by atoms with Gasteiger partial charge >= 0.3 is 4.87 Å². The van der Waals surface area contributed by atoms with Crippen LogP contribution in [0.25, 0.3) is 0 Å². The summed E-state index contributed by atoms with van der Waals surface area (Å²) >= 11 is 1.22. The number of aryl methyl sites for hydroxylation is 1. The summed E-state index contributed by atoms with van der Waals surface area (Å²) in [6, 6.07) is 1.79. The Hall–Kier alpha value is -1.93. The molecule has 0 radical (unpaired) electrons. The minimum Gasteiger partial charge on any atom is -0.370 e. The lowest BCUT2D eigenvalue weighted by Gasteiger charge is -2.18. The second-order valence-electron chi connectivity index (χ2n) is 5.68. The highest BCUT2D eigenvalue weighted by molar-refractivity contribution is 7.09. The lowest BCUT2D eigenvalue weighted by Crippen LogP contribution is -2.37. The van der Waals surface area contributed by atoms with Gasteiger partial charge in [0, 0.05) is 36.3 Å². The molecule has 23 heavy (non-hydrogen) atoms. The third-order valence-corrected chi connectivity index (χ3v) is 5.20. The molecule has 2 aromatic rings. The van der Waals surface area contributed by atoms with Crippen molar-refractivity contribution in [1.82, 2.24) is 20.1 Å². The first-order chi connectivity index (χ1) is 11.1. The molecule has 1 fully saturated rings. The monoisotopic (exact) mass is 336 g/mol. The molecule has 2 atom stereocenters. The highest BCUT2D eigenvalue weighted by Gasteiger charge is 2.31. The molecule has 8 heteroatoms. The van der Waals surface area contributed by atoms with Crippen molar-refractivity contribution in [3.63, 3.8) is 0 Å². The zero-order chi connectivity index (χ0) is 16.4. The Bertz CT molecular complexity index is 734. The van der Waals surface area contributed by atoms with Crippen LogP contribution in [-0.4, -0.2) is 33.3 Å². The van der Waals surface area contributed by atoms with Crippen LogP contribution in [0.2, 0.25) is 0 Å². The first-order valence-corrected chi connectivity index (χ1v) is 8.45. The maximum atomic E-state index is 12.2. The van der Waals surface area contributed by atoms with E-state index >= 15 is 0 Å². The molecule has 0 bridgehead atoms. The van der Waals surface area contributed by atoms with Gasteiger partial charge in [0.1, 0.15) is 6.10 Å². The predicted molar refractivity (Wildman–Crippen MR) is 86.5 cm³/mol. The van der Waals surface area contributed by atoms with Gasteiger partial charge in [0.25, 0.3) is 0 Å². The Morgan fingerprint density at radius 2 is 2.39 bits per heavy atom. The van der Waals surface area contributed by atoms with Crippen LogP contribution in [0.15, 0.2) is 17.1 Å². The second-order valence-corrected chi connectivity index (χ2v) is 6.84. The van der Waals surface area contributed by atoms with Gasteiger partial charge in [0.15, 0.2) is 0 Å². The number of carbonyl (C=O) groups excluding carboxylic acids is 1. The van der Waals surface area contributed by atoms with E-state index in [-0.39, 0.29) is 29.3 Å². The highest BCUT2D eigenvalue weighted by Crippen LogP contribution is 2.27. The number of nitrogens with zero attached hydrogens (tertiary/aromatic N) is 2. The van der Waals surface area contributed by atoms with Crippen LogP contribution in [-0.2, 0) is 16.1 Å². The van der Waals surface area contributed by atoms with Crippen LogP contribution >= 0.6 is 11.3 Å². The minimum absolute atomic E-state index is 0.00710. The van der Waals surface area contributed by atoms with Gasteiger partial charge in [-0.15, -0.1) is 0 Å². The fourth-order valence-corrected chi connectivity index (χ4v) is 3.67. The van der Waals surface area contributed by atoms with Crippen LogP contribution in [0.4, 0.5) is 0 Å². The maximum Gasteiger partial charge on any atom is 0.307 e. The Balaban J connectivity index is 1.58. The zero-order valence-corrected chi connectivity index (χ0v) is 14.0. The Morgan fingerprint density at radius 1 is 1.57 bits per heavy atom. The quantitative estimate of drug-likeness (QED) is 0.861. The number of amides is 1. The van der Waals surface area contributed by atoms with E-state index < -0.39 is 0 Å². The summed E-state index contributed by atoms with van der Waals surface area (Å²) in [6.07, 6.45) is 2.54. The van der Waals surface area contributed by atoms with E-state index in [9.17, 15) is 9.59 Å². The number of nitrogens with one attached hydrogen (secondary N) is 2. The van der Waals surface area contributed by atoms with Gasteiger partial charge in [-0.3, -0.25) is 14.7 Å². The molecule has 3 heterocycles. The fraction of sp³-hybridized carbons (Fsp3) is 0.533. The molecule has 0 aliphatic carbocycles. The molecule has 7 nitrogen and oxygen atoms in total. The average molecular weight is 336 g/mol. The van der Waals surface area contributed by atoms with Crippen molar-refractivity contribution in [2.45, 2.75) is 45.4 Å². The molecule has 3 rings (SSSR count). The van der Waals surface area contributed by atoms with Crippen molar-refractivity contribution in [3.8, 4) is 0 Å². The third kappa shape index (κ3) is 3.37. The van der Waals surface area contributed by atoms with Gasteiger partial charge in [-0.25, -0.2) is 0 Å². The fourth-order valence-electron chi connectivity index (χ4n) is 2.81. The molecule has 2 aromatic heterocycles. The van der Waals surface area contributed by atoms with Gasteiger partial charge in [0.2, 0.25) is 5.91 Å². The molecule has 1 saturated heterocycles. The van der Waals surface area contributed by atoms with E-state index in [4.69, 9.17) is 4.74 Å². The Morgan fingerprint density at radius 3 is 3.04 bits per heavy atom. The van der Waals surface area contributed by atoms with Crippen molar-refractivity contribution in [3.05, 3.63) is 38.2 Å². The van der Waals surface area contributed by atoms with Crippen LogP contribution < -0.4 is 10.2 Å². The van der Waals surface area contributed by atoms with E-state index in [2.05, 4.69) is 15.5 Å². The number of thiazole rings is 1. The molecule has 2 N–H and O–H groups in total. The average Bonchev–Trinajstić information content (AvgIpc) is 3.21. The number of hydrogen-bond donors (Lipinski definition) is 2. The highest BCUT2D eigenvalue weighted by atomic mass is 32.1. The number of rotatable bonds is 5. The van der Waals surface area contributed by atoms with Crippen LogP contribution in [0.3, 0.4) is 0 Å². The Kier molecular flexibility index (Phi) is 4.63. The molecule has 1 amide bonds. The van der Waals surface area contributed by atoms with Gasteiger partial charge in [-0.1, -0.05) is 11.3 Å². The summed E-state index contributed by atoms with van der Waals surface area (Å²) in [7, 11) is 0. The molecule has 0 aromatic carbocycles. The van der Waals surface area contributed by atoms with Crippen molar-refractivity contribution < 1.29 is 9.53 Å². The van der Waals surface area contributed by atoms with Gasteiger partial charge in [0.05, 0.1) is 11.7 Å². The largest absolute Gasteiger partial charge is 0.370 e. The minimum atomic E-state index is -0.186. The van der Waals surface area contributed by atoms with E-state index in [1.807, 2.05) is 19.9 Å². The van der Waals surface area contributed by atoms with E-state index in [0.717, 1.165) is 22.7 Å².